The van der Waals surface area contributed by atoms with E-state index in [9.17, 15) is 5.11 Å². The van der Waals surface area contributed by atoms with Gasteiger partial charge in [0.1, 0.15) is 0 Å². The monoisotopic (exact) mass is 269 g/mol. The summed E-state index contributed by atoms with van der Waals surface area (Å²) < 4.78 is 0. The maximum absolute atomic E-state index is 9.68. The molecule has 2 aliphatic rings. The van der Waals surface area contributed by atoms with E-state index >= 15 is 0 Å². The van der Waals surface area contributed by atoms with Crippen LogP contribution in [0.3, 0.4) is 0 Å². The van der Waals surface area contributed by atoms with Crippen LogP contribution < -0.4 is 5.32 Å². The van der Waals surface area contributed by atoms with Gasteiger partial charge in [-0.15, -0.1) is 0 Å². The van der Waals surface area contributed by atoms with Gasteiger partial charge in [-0.05, 0) is 59.3 Å². The van der Waals surface area contributed by atoms with Crippen LogP contribution in [0.1, 0.15) is 39.0 Å². The fourth-order valence-corrected chi connectivity index (χ4v) is 3.90. The van der Waals surface area contributed by atoms with E-state index in [2.05, 4.69) is 36.1 Å². The van der Waals surface area contributed by atoms with Crippen LogP contribution in [-0.2, 0) is 0 Å². The first kappa shape index (κ1) is 15.2. The molecule has 2 fully saturated rings. The van der Waals surface area contributed by atoms with Crippen molar-refractivity contribution in [3.05, 3.63) is 0 Å². The maximum atomic E-state index is 9.68. The highest BCUT2D eigenvalue weighted by atomic mass is 16.3. The Hall–Kier alpha value is -0.160. The van der Waals surface area contributed by atoms with Crippen molar-refractivity contribution in [3.63, 3.8) is 0 Å². The summed E-state index contributed by atoms with van der Waals surface area (Å²) >= 11 is 0. The third-order valence-corrected chi connectivity index (χ3v) is 5.23. The lowest BCUT2D eigenvalue weighted by Crippen LogP contribution is -2.48. The number of rotatable bonds is 6. The van der Waals surface area contributed by atoms with Crippen molar-refractivity contribution in [2.24, 2.45) is 0 Å². The molecule has 0 amide bonds. The van der Waals surface area contributed by atoms with Gasteiger partial charge in [-0.25, -0.2) is 0 Å². The van der Waals surface area contributed by atoms with E-state index in [1.807, 2.05) is 0 Å². The summed E-state index contributed by atoms with van der Waals surface area (Å²) in [4.78, 5) is 5.02. The molecule has 0 aromatic heterocycles. The minimum Gasteiger partial charge on any atom is -0.394 e. The summed E-state index contributed by atoms with van der Waals surface area (Å²) in [6.07, 6.45) is 6.08. The van der Waals surface area contributed by atoms with Crippen LogP contribution in [-0.4, -0.2) is 72.9 Å². The summed E-state index contributed by atoms with van der Waals surface area (Å²) in [7, 11) is 4.51. The topological polar surface area (TPSA) is 38.7 Å². The second-order valence-electron chi connectivity index (χ2n) is 6.58. The van der Waals surface area contributed by atoms with Gasteiger partial charge in [-0.2, -0.15) is 0 Å². The highest BCUT2D eigenvalue weighted by Gasteiger charge is 2.40. The van der Waals surface area contributed by atoms with Crippen LogP contribution in [0.15, 0.2) is 0 Å². The first-order valence-electron chi connectivity index (χ1n) is 7.86. The van der Waals surface area contributed by atoms with Gasteiger partial charge in [0, 0.05) is 24.2 Å². The summed E-state index contributed by atoms with van der Waals surface area (Å²) in [5.41, 5.74) is -0.0186. The molecular weight excluding hydrogens is 238 g/mol. The molecule has 2 rings (SSSR count). The number of aliphatic hydroxyl groups is 1. The van der Waals surface area contributed by atoms with Gasteiger partial charge in [0.25, 0.3) is 0 Å². The van der Waals surface area contributed by atoms with Crippen molar-refractivity contribution in [3.8, 4) is 0 Å². The van der Waals surface area contributed by atoms with E-state index < -0.39 is 0 Å². The SMILES string of the molecule is CCNC1(CO)CCC(N(C)CC2CCCN2C)C1. The van der Waals surface area contributed by atoms with E-state index in [1.165, 1.54) is 32.4 Å². The van der Waals surface area contributed by atoms with Gasteiger partial charge in [0.15, 0.2) is 0 Å². The zero-order valence-electron chi connectivity index (χ0n) is 12.9. The minimum absolute atomic E-state index is 0.0186. The predicted molar refractivity (Wildman–Crippen MR) is 79.4 cm³/mol. The highest BCUT2D eigenvalue weighted by Crippen LogP contribution is 2.33. The molecule has 0 aromatic carbocycles. The van der Waals surface area contributed by atoms with Crippen molar-refractivity contribution in [2.75, 3.05) is 40.3 Å². The van der Waals surface area contributed by atoms with Gasteiger partial charge in [-0.3, -0.25) is 0 Å². The van der Waals surface area contributed by atoms with Gasteiger partial charge in [-0.1, -0.05) is 6.92 Å². The minimum atomic E-state index is -0.0186. The normalized spacial score (nSPS) is 36.5. The van der Waals surface area contributed by atoms with Crippen molar-refractivity contribution >= 4 is 0 Å². The Labute approximate surface area is 118 Å². The van der Waals surface area contributed by atoms with Crippen LogP contribution in [0.2, 0.25) is 0 Å². The van der Waals surface area contributed by atoms with E-state index in [0.717, 1.165) is 25.4 Å². The first-order valence-corrected chi connectivity index (χ1v) is 7.86. The number of hydrogen-bond acceptors (Lipinski definition) is 4. The predicted octanol–water partition coefficient (Wildman–Crippen LogP) is 0.906. The maximum Gasteiger partial charge on any atom is 0.0613 e. The smallest absolute Gasteiger partial charge is 0.0613 e. The van der Waals surface area contributed by atoms with Gasteiger partial charge in [0.05, 0.1) is 6.61 Å². The summed E-state index contributed by atoms with van der Waals surface area (Å²) in [6.45, 7) is 5.77. The Kier molecular flexibility index (Phi) is 5.23. The Morgan fingerprint density at radius 1 is 1.42 bits per heavy atom. The van der Waals surface area contributed by atoms with E-state index in [-0.39, 0.29) is 12.1 Å². The molecule has 2 N–H and O–H groups in total. The summed E-state index contributed by atoms with van der Waals surface area (Å²) in [6, 6.07) is 1.36. The molecule has 0 bridgehead atoms. The Morgan fingerprint density at radius 2 is 2.21 bits per heavy atom. The first-order chi connectivity index (χ1) is 9.10. The third-order valence-electron chi connectivity index (χ3n) is 5.23. The number of likely N-dealkylation sites (tertiary alicyclic amines) is 1. The fraction of sp³-hybridized carbons (Fsp3) is 1.00. The molecule has 4 nitrogen and oxygen atoms in total. The van der Waals surface area contributed by atoms with Crippen molar-refractivity contribution in [1.29, 1.82) is 0 Å². The summed E-state index contributed by atoms with van der Waals surface area (Å²) in [5, 5.41) is 13.2. The molecule has 1 saturated heterocycles. The third kappa shape index (κ3) is 3.48. The second kappa shape index (κ2) is 6.53. The number of aliphatic hydroxyl groups excluding tert-OH is 1. The molecular formula is C15H31N3O. The molecule has 0 spiro atoms. The molecule has 19 heavy (non-hydrogen) atoms. The van der Waals surface area contributed by atoms with Crippen LogP contribution >= 0.6 is 0 Å². The zero-order chi connectivity index (χ0) is 13.9. The van der Waals surface area contributed by atoms with Crippen LogP contribution in [0.25, 0.3) is 0 Å². The van der Waals surface area contributed by atoms with Crippen LogP contribution in [0.5, 0.6) is 0 Å². The Morgan fingerprint density at radius 3 is 2.79 bits per heavy atom. The number of nitrogens with zero attached hydrogens (tertiary/aromatic N) is 2. The average Bonchev–Trinajstić information content (AvgIpc) is 2.98. The molecule has 1 aliphatic carbocycles. The highest BCUT2D eigenvalue weighted by molar-refractivity contribution is 4.99. The van der Waals surface area contributed by atoms with E-state index in [4.69, 9.17) is 0 Å². The van der Waals surface area contributed by atoms with E-state index in [0.29, 0.717) is 6.04 Å². The molecule has 3 unspecified atom stereocenters. The standard InChI is InChI=1S/C15H31N3O/c1-4-16-15(12-19)8-7-13(10-15)18(3)11-14-6-5-9-17(14)2/h13-14,16,19H,4-12H2,1-3H3. The zero-order valence-corrected chi connectivity index (χ0v) is 12.9. The molecule has 0 aromatic rings. The number of hydrogen-bond donors (Lipinski definition) is 2. The van der Waals surface area contributed by atoms with Crippen LogP contribution in [0, 0.1) is 0 Å². The molecule has 3 atom stereocenters. The second-order valence-corrected chi connectivity index (χ2v) is 6.58. The van der Waals surface area contributed by atoms with E-state index in [1.54, 1.807) is 0 Å². The van der Waals surface area contributed by atoms with Gasteiger partial charge in [0.2, 0.25) is 0 Å². The van der Waals surface area contributed by atoms with Crippen molar-refractivity contribution in [2.45, 2.75) is 56.7 Å². The molecule has 0 radical (unpaired) electrons. The molecule has 112 valence electrons. The Bertz CT molecular complexity index is 287. The van der Waals surface area contributed by atoms with Crippen LogP contribution in [0.4, 0.5) is 0 Å². The number of nitrogens with one attached hydrogen (secondary N) is 1. The number of likely N-dealkylation sites (N-methyl/N-ethyl adjacent to an activating group) is 3. The lowest BCUT2D eigenvalue weighted by Gasteiger charge is -2.32. The molecule has 1 saturated carbocycles. The largest absolute Gasteiger partial charge is 0.394 e. The van der Waals surface area contributed by atoms with Gasteiger partial charge >= 0.3 is 0 Å². The lowest BCUT2D eigenvalue weighted by molar-refractivity contribution is 0.141. The molecule has 1 heterocycles. The summed E-state index contributed by atoms with van der Waals surface area (Å²) in [5.74, 6) is 0. The van der Waals surface area contributed by atoms with Crippen molar-refractivity contribution in [1.82, 2.24) is 15.1 Å². The molecule has 1 aliphatic heterocycles. The Balaban J connectivity index is 1.85. The van der Waals surface area contributed by atoms with Crippen molar-refractivity contribution < 1.29 is 5.11 Å². The quantitative estimate of drug-likeness (QED) is 0.752. The lowest BCUT2D eigenvalue weighted by atomic mass is 9.98. The van der Waals surface area contributed by atoms with Gasteiger partial charge < -0.3 is 20.2 Å². The fourth-order valence-electron chi connectivity index (χ4n) is 3.90. The average molecular weight is 269 g/mol. The molecule has 4 heteroatoms.